The minimum Gasteiger partial charge on any atom is -0.508 e. The molecule has 16 heavy (non-hydrogen) atoms. The van der Waals surface area contributed by atoms with Gasteiger partial charge in [0.2, 0.25) is 0 Å². The number of hydrogen-bond acceptors (Lipinski definition) is 3. The van der Waals surface area contributed by atoms with Crippen molar-refractivity contribution in [1.29, 1.82) is 0 Å². The Kier molecular flexibility index (Phi) is 2.44. The highest BCUT2D eigenvalue weighted by Crippen LogP contribution is 2.32. The van der Waals surface area contributed by atoms with Crippen LogP contribution in [0, 0.1) is 6.92 Å². The molecule has 2 rings (SSSR count). The van der Waals surface area contributed by atoms with Crippen LogP contribution in [-0.2, 0) is 0 Å². The van der Waals surface area contributed by atoms with E-state index in [0.717, 1.165) is 16.7 Å². The molecule has 0 aromatic heterocycles. The van der Waals surface area contributed by atoms with Crippen LogP contribution >= 0.6 is 0 Å². The molecule has 0 heterocycles. The number of hydrogen-bond donors (Lipinski definition) is 3. The first kappa shape index (κ1) is 10.4. The van der Waals surface area contributed by atoms with E-state index in [-0.39, 0.29) is 17.2 Å². The molecule has 2 aromatic carbocycles. The number of aromatic hydroxyl groups is 3. The van der Waals surface area contributed by atoms with Gasteiger partial charge in [-0.3, -0.25) is 0 Å². The molecule has 3 N–H and O–H groups in total. The second-order valence-electron chi connectivity index (χ2n) is 3.70. The number of phenolic OH excluding ortho intramolecular Hbond substituents is 3. The first-order valence-electron chi connectivity index (χ1n) is 4.90. The normalized spacial score (nSPS) is 10.3. The van der Waals surface area contributed by atoms with Crippen LogP contribution < -0.4 is 0 Å². The summed E-state index contributed by atoms with van der Waals surface area (Å²) in [5.41, 5.74) is 2.62. The molecule has 0 fully saturated rings. The van der Waals surface area contributed by atoms with Crippen LogP contribution in [0.4, 0.5) is 0 Å². The first-order valence-corrected chi connectivity index (χ1v) is 4.90. The van der Waals surface area contributed by atoms with E-state index in [1.165, 1.54) is 12.1 Å². The molecule has 2 aromatic rings. The fraction of sp³-hybridized carbons (Fsp3) is 0.0769. The maximum absolute atomic E-state index is 9.41. The molecule has 0 aliphatic heterocycles. The molecule has 0 radical (unpaired) electrons. The lowest BCUT2D eigenvalue weighted by molar-refractivity contribution is 0.404. The summed E-state index contributed by atoms with van der Waals surface area (Å²) >= 11 is 0. The van der Waals surface area contributed by atoms with Crippen molar-refractivity contribution in [2.45, 2.75) is 6.92 Å². The number of rotatable bonds is 1. The van der Waals surface area contributed by atoms with Crippen molar-refractivity contribution in [3.8, 4) is 28.4 Å². The van der Waals surface area contributed by atoms with Crippen molar-refractivity contribution in [3.63, 3.8) is 0 Å². The third kappa shape index (κ3) is 1.80. The zero-order chi connectivity index (χ0) is 11.7. The molecule has 3 heteroatoms. The predicted molar refractivity (Wildman–Crippen MR) is 61.6 cm³/mol. The third-order valence-electron chi connectivity index (χ3n) is 2.50. The van der Waals surface area contributed by atoms with Crippen LogP contribution in [-0.4, -0.2) is 15.3 Å². The molecular weight excluding hydrogens is 204 g/mol. The standard InChI is InChI=1S/C13H12O3/c1-8-6-10(14)3-4-11(8)9-2-5-12(15)13(16)7-9/h2-7,14-16H,1H3. The Hall–Kier alpha value is -2.16. The van der Waals surface area contributed by atoms with Crippen molar-refractivity contribution in [2.24, 2.45) is 0 Å². The molecule has 0 atom stereocenters. The van der Waals surface area contributed by atoms with Gasteiger partial charge in [0, 0.05) is 0 Å². The zero-order valence-electron chi connectivity index (χ0n) is 8.81. The quantitative estimate of drug-likeness (QED) is 0.642. The van der Waals surface area contributed by atoms with Gasteiger partial charge in [-0.15, -0.1) is 0 Å². The van der Waals surface area contributed by atoms with Crippen molar-refractivity contribution < 1.29 is 15.3 Å². The molecule has 0 aliphatic rings. The van der Waals surface area contributed by atoms with Crippen LogP contribution in [0.1, 0.15) is 5.56 Å². The molecule has 0 saturated heterocycles. The van der Waals surface area contributed by atoms with E-state index in [4.69, 9.17) is 0 Å². The van der Waals surface area contributed by atoms with Gasteiger partial charge in [0.15, 0.2) is 11.5 Å². The van der Waals surface area contributed by atoms with E-state index < -0.39 is 0 Å². The molecule has 0 spiro atoms. The van der Waals surface area contributed by atoms with Crippen molar-refractivity contribution >= 4 is 0 Å². The number of aryl methyl sites for hydroxylation is 1. The number of phenols is 3. The topological polar surface area (TPSA) is 60.7 Å². The Morgan fingerprint density at radius 3 is 2.19 bits per heavy atom. The predicted octanol–water partition coefficient (Wildman–Crippen LogP) is 2.78. The average molecular weight is 216 g/mol. The average Bonchev–Trinajstić information content (AvgIpc) is 2.22. The van der Waals surface area contributed by atoms with Gasteiger partial charge in [0.25, 0.3) is 0 Å². The molecule has 0 bridgehead atoms. The SMILES string of the molecule is Cc1cc(O)ccc1-c1ccc(O)c(O)c1. The zero-order valence-corrected chi connectivity index (χ0v) is 8.81. The molecular formula is C13H12O3. The van der Waals surface area contributed by atoms with Gasteiger partial charge in [-0.25, -0.2) is 0 Å². The summed E-state index contributed by atoms with van der Waals surface area (Å²) in [5, 5.41) is 27.9. The first-order chi connectivity index (χ1) is 7.58. The molecule has 0 aliphatic carbocycles. The summed E-state index contributed by atoms with van der Waals surface area (Å²) in [4.78, 5) is 0. The highest BCUT2D eigenvalue weighted by Gasteiger charge is 2.05. The summed E-state index contributed by atoms with van der Waals surface area (Å²) in [6.07, 6.45) is 0. The second kappa shape index (κ2) is 3.77. The Labute approximate surface area is 93.2 Å². The number of benzene rings is 2. The molecule has 3 nitrogen and oxygen atoms in total. The smallest absolute Gasteiger partial charge is 0.158 e. The lowest BCUT2D eigenvalue weighted by atomic mass is 10.00. The Bertz CT molecular complexity index is 533. The van der Waals surface area contributed by atoms with Crippen molar-refractivity contribution in [1.82, 2.24) is 0 Å². The van der Waals surface area contributed by atoms with Gasteiger partial charge in [-0.2, -0.15) is 0 Å². The van der Waals surface area contributed by atoms with Crippen LogP contribution in [0.25, 0.3) is 11.1 Å². The maximum atomic E-state index is 9.41. The second-order valence-corrected chi connectivity index (χ2v) is 3.70. The fourth-order valence-corrected chi connectivity index (χ4v) is 1.66. The summed E-state index contributed by atoms with van der Waals surface area (Å²) in [6, 6.07) is 9.67. The van der Waals surface area contributed by atoms with Gasteiger partial charge >= 0.3 is 0 Å². The largest absolute Gasteiger partial charge is 0.508 e. The lowest BCUT2D eigenvalue weighted by Gasteiger charge is -2.07. The summed E-state index contributed by atoms with van der Waals surface area (Å²) in [7, 11) is 0. The van der Waals surface area contributed by atoms with E-state index in [1.54, 1.807) is 24.3 Å². The van der Waals surface area contributed by atoms with Gasteiger partial charge in [0.1, 0.15) is 5.75 Å². The van der Waals surface area contributed by atoms with E-state index >= 15 is 0 Å². The maximum Gasteiger partial charge on any atom is 0.158 e. The Morgan fingerprint density at radius 2 is 1.56 bits per heavy atom. The van der Waals surface area contributed by atoms with Crippen LogP contribution in [0.3, 0.4) is 0 Å². The summed E-state index contributed by atoms with van der Waals surface area (Å²) < 4.78 is 0. The van der Waals surface area contributed by atoms with E-state index in [2.05, 4.69) is 0 Å². The van der Waals surface area contributed by atoms with Gasteiger partial charge in [0.05, 0.1) is 0 Å². The van der Waals surface area contributed by atoms with Crippen molar-refractivity contribution in [2.75, 3.05) is 0 Å². The molecule has 82 valence electrons. The highest BCUT2D eigenvalue weighted by molar-refractivity contribution is 5.70. The highest BCUT2D eigenvalue weighted by atomic mass is 16.3. The molecule has 0 amide bonds. The molecule has 0 saturated carbocycles. The Morgan fingerprint density at radius 1 is 0.812 bits per heavy atom. The van der Waals surface area contributed by atoms with E-state index in [1.807, 2.05) is 6.92 Å². The summed E-state index contributed by atoms with van der Waals surface area (Å²) in [5.74, 6) is -0.0746. The van der Waals surface area contributed by atoms with Crippen LogP contribution in [0.15, 0.2) is 36.4 Å². The fourth-order valence-electron chi connectivity index (χ4n) is 1.66. The Balaban J connectivity index is 2.54. The molecule has 0 unspecified atom stereocenters. The van der Waals surface area contributed by atoms with Gasteiger partial charge < -0.3 is 15.3 Å². The van der Waals surface area contributed by atoms with E-state index in [9.17, 15) is 15.3 Å². The van der Waals surface area contributed by atoms with Gasteiger partial charge in [-0.1, -0.05) is 12.1 Å². The van der Waals surface area contributed by atoms with E-state index in [0.29, 0.717) is 0 Å². The minimum atomic E-state index is -0.148. The van der Waals surface area contributed by atoms with Crippen LogP contribution in [0.2, 0.25) is 0 Å². The lowest BCUT2D eigenvalue weighted by Crippen LogP contribution is -1.83. The minimum absolute atomic E-state index is 0.139. The van der Waals surface area contributed by atoms with Crippen LogP contribution in [0.5, 0.6) is 17.2 Å². The monoisotopic (exact) mass is 216 g/mol. The summed E-state index contributed by atoms with van der Waals surface area (Å²) in [6.45, 7) is 1.87. The van der Waals surface area contributed by atoms with Crippen molar-refractivity contribution in [3.05, 3.63) is 42.0 Å². The third-order valence-corrected chi connectivity index (χ3v) is 2.50. The van der Waals surface area contributed by atoms with Gasteiger partial charge in [-0.05, 0) is 47.9 Å².